The van der Waals surface area contributed by atoms with Crippen LogP contribution in [0.2, 0.25) is 0 Å². The molecule has 1 aromatic rings. The molecule has 2 unspecified atom stereocenters. The highest BCUT2D eigenvalue weighted by molar-refractivity contribution is 7.15. The van der Waals surface area contributed by atoms with Crippen LogP contribution < -0.4 is 10.2 Å². The van der Waals surface area contributed by atoms with E-state index in [2.05, 4.69) is 31.1 Å². The summed E-state index contributed by atoms with van der Waals surface area (Å²) in [5.74, 6) is 0.868. The smallest absolute Gasteiger partial charge is 0.185 e. The minimum atomic E-state index is 0.689. The summed E-state index contributed by atoms with van der Waals surface area (Å²) in [6, 6.07) is 1.46. The van der Waals surface area contributed by atoms with Gasteiger partial charge in [-0.2, -0.15) is 0 Å². The molecule has 2 fully saturated rings. The van der Waals surface area contributed by atoms with Crippen molar-refractivity contribution in [1.82, 2.24) is 10.3 Å². The van der Waals surface area contributed by atoms with E-state index < -0.39 is 0 Å². The number of hydrogen-bond donors (Lipinski definition) is 1. The maximum absolute atomic E-state index is 4.93. The first kappa shape index (κ1) is 15.3. The van der Waals surface area contributed by atoms with Crippen LogP contribution in [0, 0.1) is 5.92 Å². The van der Waals surface area contributed by atoms with Crippen molar-refractivity contribution in [3.05, 3.63) is 10.6 Å². The van der Waals surface area contributed by atoms with Crippen LogP contribution in [0.25, 0.3) is 0 Å². The van der Waals surface area contributed by atoms with E-state index in [-0.39, 0.29) is 0 Å². The molecule has 2 aliphatic rings. The number of anilines is 1. The summed E-state index contributed by atoms with van der Waals surface area (Å²) < 4.78 is 0. The molecule has 0 spiro atoms. The van der Waals surface area contributed by atoms with Crippen molar-refractivity contribution in [2.75, 3.05) is 11.9 Å². The summed E-state index contributed by atoms with van der Waals surface area (Å²) >= 11 is 1.91. The van der Waals surface area contributed by atoms with Crippen LogP contribution in [0.5, 0.6) is 0 Å². The predicted molar refractivity (Wildman–Crippen MR) is 91.2 cm³/mol. The predicted octanol–water partition coefficient (Wildman–Crippen LogP) is 3.97. The average molecular weight is 308 g/mol. The highest BCUT2D eigenvalue weighted by Gasteiger charge is 2.26. The fourth-order valence-corrected chi connectivity index (χ4v) is 4.50. The van der Waals surface area contributed by atoms with Crippen LogP contribution in [-0.4, -0.2) is 24.1 Å². The van der Waals surface area contributed by atoms with E-state index in [1.54, 1.807) is 0 Å². The van der Waals surface area contributed by atoms with Crippen LogP contribution in [0.1, 0.15) is 62.9 Å². The zero-order valence-electron chi connectivity index (χ0n) is 13.7. The van der Waals surface area contributed by atoms with Gasteiger partial charge in [-0.05, 0) is 38.0 Å². The Bertz CT molecular complexity index is 467. The molecule has 2 saturated carbocycles. The average Bonchev–Trinajstić information content (AvgIpc) is 3.23. The minimum absolute atomic E-state index is 0.689. The van der Waals surface area contributed by atoms with Gasteiger partial charge in [-0.3, -0.25) is 0 Å². The quantitative estimate of drug-likeness (QED) is 0.862. The Morgan fingerprint density at radius 1 is 1.29 bits per heavy atom. The number of nitrogens with one attached hydrogen (secondary N) is 1. The van der Waals surface area contributed by atoms with Crippen molar-refractivity contribution >= 4 is 16.5 Å². The molecule has 118 valence electrons. The summed E-state index contributed by atoms with van der Waals surface area (Å²) in [6.45, 7) is 5.63. The van der Waals surface area contributed by atoms with E-state index >= 15 is 0 Å². The van der Waals surface area contributed by atoms with E-state index in [1.807, 2.05) is 11.3 Å². The number of rotatable bonds is 6. The van der Waals surface area contributed by atoms with E-state index in [0.717, 1.165) is 24.9 Å². The van der Waals surface area contributed by atoms with Gasteiger partial charge < -0.3 is 10.2 Å². The first-order chi connectivity index (χ1) is 10.2. The Morgan fingerprint density at radius 2 is 2.10 bits per heavy atom. The van der Waals surface area contributed by atoms with E-state index in [1.165, 1.54) is 54.2 Å². The standard InChI is InChI=1S/C17H29N3S/c1-4-15-16(11-18-13-8-9-13)21-17(19-15)20(3)14-7-5-6-12(2)10-14/h12-14,18H,4-11H2,1-3H3. The monoisotopic (exact) mass is 307 g/mol. The Labute approximate surface area is 133 Å². The number of thiazole rings is 1. The summed E-state index contributed by atoms with van der Waals surface area (Å²) in [5, 5.41) is 4.87. The van der Waals surface area contributed by atoms with Gasteiger partial charge in [-0.1, -0.05) is 26.7 Å². The van der Waals surface area contributed by atoms with Crippen molar-refractivity contribution in [2.24, 2.45) is 5.92 Å². The number of aromatic nitrogens is 1. The Kier molecular flexibility index (Phi) is 4.85. The third kappa shape index (κ3) is 3.78. The number of aryl methyl sites for hydroxylation is 1. The van der Waals surface area contributed by atoms with Crippen LogP contribution in [0.4, 0.5) is 5.13 Å². The summed E-state index contributed by atoms with van der Waals surface area (Å²) in [5.41, 5.74) is 1.30. The molecule has 1 N–H and O–H groups in total. The molecule has 0 radical (unpaired) electrons. The van der Waals surface area contributed by atoms with Gasteiger partial charge in [0, 0.05) is 30.6 Å². The van der Waals surface area contributed by atoms with Crippen LogP contribution in [-0.2, 0) is 13.0 Å². The SMILES string of the molecule is CCc1nc(N(C)C2CCCC(C)C2)sc1CNC1CC1. The molecule has 0 aliphatic heterocycles. The number of nitrogens with zero attached hydrogens (tertiary/aromatic N) is 2. The van der Waals surface area contributed by atoms with Gasteiger partial charge in [0.2, 0.25) is 0 Å². The molecule has 0 saturated heterocycles. The van der Waals surface area contributed by atoms with Gasteiger partial charge in [-0.25, -0.2) is 4.98 Å². The topological polar surface area (TPSA) is 28.2 Å². The van der Waals surface area contributed by atoms with E-state index in [0.29, 0.717) is 6.04 Å². The lowest BCUT2D eigenvalue weighted by atomic mass is 9.86. The lowest BCUT2D eigenvalue weighted by Gasteiger charge is -2.33. The highest BCUT2D eigenvalue weighted by Crippen LogP contribution is 2.33. The molecule has 3 nitrogen and oxygen atoms in total. The second kappa shape index (κ2) is 6.66. The third-order valence-electron chi connectivity index (χ3n) is 4.99. The molecule has 0 bridgehead atoms. The molecular weight excluding hydrogens is 278 g/mol. The fraction of sp³-hybridized carbons (Fsp3) is 0.824. The van der Waals surface area contributed by atoms with Gasteiger partial charge in [0.15, 0.2) is 5.13 Å². The van der Waals surface area contributed by atoms with Gasteiger partial charge in [0.25, 0.3) is 0 Å². The molecule has 21 heavy (non-hydrogen) atoms. The van der Waals surface area contributed by atoms with E-state index in [9.17, 15) is 0 Å². The molecule has 3 rings (SSSR count). The van der Waals surface area contributed by atoms with Crippen molar-refractivity contribution in [3.63, 3.8) is 0 Å². The molecule has 0 aromatic carbocycles. The lowest BCUT2D eigenvalue weighted by molar-refractivity contribution is 0.336. The highest BCUT2D eigenvalue weighted by atomic mass is 32.1. The molecule has 1 heterocycles. The van der Waals surface area contributed by atoms with Crippen molar-refractivity contribution in [3.8, 4) is 0 Å². The van der Waals surface area contributed by atoms with Gasteiger partial charge in [0.05, 0.1) is 5.69 Å². The van der Waals surface area contributed by atoms with Gasteiger partial charge in [0.1, 0.15) is 0 Å². The van der Waals surface area contributed by atoms with Gasteiger partial charge >= 0.3 is 0 Å². The van der Waals surface area contributed by atoms with Crippen molar-refractivity contribution in [2.45, 2.75) is 77.4 Å². The maximum atomic E-state index is 4.93. The third-order valence-corrected chi connectivity index (χ3v) is 6.18. The molecular formula is C17H29N3S. The zero-order valence-corrected chi connectivity index (χ0v) is 14.5. The summed E-state index contributed by atoms with van der Waals surface area (Å²) in [7, 11) is 2.25. The van der Waals surface area contributed by atoms with Crippen LogP contribution >= 0.6 is 11.3 Å². The summed E-state index contributed by atoms with van der Waals surface area (Å²) in [6.07, 6.45) is 9.19. The first-order valence-electron chi connectivity index (χ1n) is 8.62. The maximum Gasteiger partial charge on any atom is 0.185 e. The molecule has 2 atom stereocenters. The zero-order chi connectivity index (χ0) is 14.8. The molecule has 2 aliphatic carbocycles. The Balaban J connectivity index is 1.68. The summed E-state index contributed by atoms with van der Waals surface area (Å²) in [4.78, 5) is 8.84. The Hall–Kier alpha value is -0.610. The van der Waals surface area contributed by atoms with Crippen molar-refractivity contribution < 1.29 is 0 Å². The second-order valence-electron chi connectivity index (χ2n) is 6.91. The van der Waals surface area contributed by atoms with E-state index in [4.69, 9.17) is 4.98 Å². The van der Waals surface area contributed by atoms with Crippen LogP contribution in [0.15, 0.2) is 0 Å². The lowest BCUT2D eigenvalue weighted by Crippen LogP contribution is -2.35. The van der Waals surface area contributed by atoms with Gasteiger partial charge in [-0.15, -0.1) is 11.3 Å². The Morgan fingerprint density at radius 3 is 2.76 bits per heavy atom. The number of hydrogen-bond acceptors (Lipinski definition) is 4. The normalized spacial score (nSPS) is 26.0. The molecule has 0 amide bonds. The fourth-order valence-electron chi connectivity index (χ4n) is 3.37. The molecule has 4 heteroatoms. The van der Waals surface area contributed by atoms with Crippen molar-refractivity contribution in [1.29, 1.82) is 0 Å². The first-order valence-corrected chi connectivity index (χ1v) is 9.43. The minimum Gasteiger partial charge on any atom is -0.348 e. The molecule has 1 aromatic heterocycles. The largest absolute Gasteiger partial charge is 0.348 e. The second-order valence-corrected chi connectivity index (χ2v) is 7.97. The van der Waals surface area contributed by atoms with Crippen LogP contribution in [0.3, 0.4) is 0 Å².